The van der Waals surface area contributed by atoms with Crippen molar-refractivity contribution in [1.29, 1.82) is 0 Å². The molecule has 1 heterocycles. The van der Waals surface area contributed by atoms with E-state index >= 15 is 0 Å². The molecule has 0 aromatic heterocycles. The van der Waals surface area contributed by atoms with E-state index in [1.165, 1.54) is 0 Å². The van der Waals surface area contributed by atoms with E-state index < -0.39 is 0 Å². The van der Waals surface area contributed by atoms with Crippen molar-refractivity contribution in [2.75, 3.05) is 27.4 Å². The fourth-order valence-corrected chi connectivity index (χ4v) is 3.50. The van der Waals surface area contributed by atoms with Gasteiger partial charge in [-0.15, -0.1) is 0 Å². The van der Waals surface area contributed by atoms with Gasteiger partial charge in [-0.1, -0.05) is 12.1 Å². The first-order chi connectivity index (χ1) is 10.7. The average molecular weight is 305 g/mol. The highest BCUT2D eigenvalue weighted by atomic mass is 16.5. The molecule has 1 aliphatic carbocycles. The lowest BCUT2D eigenvalue weighted by atomic mass is 10.1. The van der Waals surface area contributed by atoms with Crippen LogP contribution in [0.3, 0.4) is 0 Å². The van der Waals surface area contributed by atoms with E-state index in [9.17, 15) is 4.79 Å². The van der Waals surface area contributed by atoms with Crippen LogP contribution in [0.25, 0.3) is 0 Å². The first-order valence-electron chi connectivity index (χ1n) is 7.78. The molecule has 0 radical (unpaired) electrons. The van der Waals surface area contributed by atoms with Crippen LogP contribution in [0.4, 0.5) is 0 Å². The zero-order valence-corrected chi connectivity index (χ0v) is 13.2. The van der Waals surface area contributed by atoms with E-state index in [1.807, 2.05) is 29.2 Å². The van der Waals surface area contributed by atoms with Crippen molar-refractivity contribution in [3.8, 4) is 0 Å². The fourth-order valence-electron chi connectivity index (χ4n) is 3.50. The first kappa shape index (κ1) is 15.5. The third-order valence-electron chi connectivity index (χ3n) is 4.61. The summed E-state index contributed by atoms with van der Waals surface area (Å²) in [4.78, 5) is 14.8. The monoisotopic (exact) mass is 305 g/mol. The van der Waals surface area contributed by atoms with Gasteiger partial charge in [-0.25, -0.2) is 0 Å². The molecule has 0 spiro atoms. The third kappa shape index (κ3) is 2.89. The molecular formula is C17H23NO4. The SMILES string of the molecule is COCc1ccc(C(=O)N2CCO[C@H]3[C@H](OC)CC[C@@H]32)cc1. The highest BCUT2D eigenvalue weighted by Gasteiger charge is 2.44. The standard InChI is InChI=1S/C17H23NO4/c1-20-11-12-3-5-13(6-4-12)17(19)18-9-10-22-16-14(18)7-8-15(16)21-2/h3-6,14-16H,7-11H2,1-2H3/t14-,15+,16+/m0/s1. The lowest BCUT2D eigenvalue weighted by Crippen LogP contribution is -2.53. The van der Waals surface area contributed by atoms with Gasteiger partial charge in [0.05, 0.1) is 25.4 Å². The summed E-state index contributed by atoms with van der Waals surface area (Å²) in [5.41, 5.74) is 1.79. The maximum Gasteiger partial charge on any atom is 0.254 e. The summed E-state index contributed by atoms with van der Waals surface area (Å²) in [5, 5.41) is 0. The van der Waals surface area contributed by atoms with E-state index in [0.29, 0.717) is 19.8 Å². The maximum absolute atomic E-state index is 12.8. The molecule has 3 atom stereocenters. The molecule has 3 rings (SSSR count). The summed E-state index contributed by atoms with van der Waals surface area (Å²) in [5.74, 6) is 0.0824. The Balaban J connectivity index is 1.73. The highest BCUT2D eigenvalue weighted by molar-refractivity contribution is 5.94. The normalized spacial score (nSPS) is 27.7. The smallest absolute Gasteiger partial charge is 0.254 e. The van der Waals surface area contributed by atoms with Gasteiger partial charge >= 0.3 is 0 Å². The number of hydrogen-bond donors (Lipinski definition) is 0. The zero-order chi connectivity index (χ0) is 15.5. The summed E-state index contributed by atoms with van der Waals surface area (Å²) < 4.78 is 16.4. The molecule has 1 aromatic carbocycles. The van der Waals surface area contributed by atoms with Crippen LogP contribution >= 0.6 is 0 Å². The van der Waals surface area contributed by atoms with E-state index in [1.54, 1.807) is 14.2 Å². The molecule has 5 heteroatoms. The lowest BCUT2D eigenvalue weighted by Gasteiger charge is -2.39. The summed E-state index contributed by atoms with van der Waals surface area (Å²) in [6.45, 7) is 1.79. The summed E-state index contributed by atoms with van der Waals surface area (Å²) in [7, 11) is 3.38. The zero-order valence-electron chi connectivity index (χ0n) is 13.2. The van der Waals surface area contributed by atoms with Gasteiger partial charge < -0.3 is 19.1 Å². The number of amides is 1. The summed E-state index contributed by atoms with van der Waals surface area (Å²) >= 11 is 0. The Kier molecular flexibility index (Phi) is 4.76. The number of methoxy groups -OCH3 is 2. The molecule has 0 unspecified atom stereocenters. The van der Waals surface area contributed by atoms with E-state index in [2.05, 4.69) is 0 Å². The van der Waals surface area contributed by atoms with Crippen LogP contribution in [0.2, 0.25) is 0 Å². The fraction of sp³-hybridized carbons (Fsp3) is 0.588. The number of carbonyl (C=O) groups is 1. The highest BCUT2D eigenvalue weighted by Crippen LogP contribution is 2.32. The number of nitrogens with zero attached hydrogens (tertiary/aromatic N) is 1. The minimum absolute atomic E-state index is 0.00969. The van der Waals surface area contributed by atoms with Gasteiger partial charge in [0.25, 0.3) is 5.91 Å². The van der Waals surface area contributed by atoms with Crippen molar-refractivity contribution in [2.45, 2.75) is 37.7 Å². The molecule has 1 amide bonds. The predicted molar refractivity (Wildman–Crippen MR) is 81.8 cm³/mol. The molecule has 1 aliphatic heterocycles. The maximum atomic E-state index is 12.8. The minimum Gasteiger partial charge on any atom is -0.380 e. The number of ether oxygens (including phenoxy) is 3. The predicted octanol–water partition coefficient (Wildman–Crippen LogP) is 1.85. The average Bonchev–Trinajstić information content (AvgIpc) is 2.98. The van der Waals surface area contributed by atoms with Crippen molar-refractivity contribution >= 4 is 5.91 Å². The van der Waals surface area contributed by atoms with Gasteiger partial charge in [-0.3, -0.25) is 4.79 Å². The molecule has 22 heavy (non-hydrogen) atoms. The van der Waals surface area contributed by atoms with Crippen LogP contribution in [0.15, 0.2) is 24.3 Å². The van der Waals surface area contributed by atoms with Crippen molar-refractivity contribution in [3.63, 3.8) is 0 Å². The molecular weight excluding hydrogens is 282 g/mol. The quantitative estimate of drug-likeness (QED) is 0.852. The molecule has 1 saturated carbocycles. The number of hydrogen-bond acceptors (Lipinski definition) is 4. The first-order valence-corrected chi connectivity index (χ1v) is 7.78. The number of benzene rings is 1. The summed E-state index contributed by atoms with van der Waals surface area (Å²) in [6.07, 6.45) is 2.00. The molecule has 1 saturated heterocycles. The van der Waals surface area contributed by atoms with Gasteiger partial charge in [0.1, 0.15) is 6.10 Å². The molecule has 0 bridgehead atoms. The van der Waals surface area contributed by atoms with Crippen LogP contribution in [0.5, 0.6) is 0 Å². The second kappa shape index (κ2) is 6.77. The van der Waals surface area contributed by atoms with Crippen LogP contribution in [-0.2, 0) is 20.8 Å². The number of carbonyl (C=O) groups excluding carboxylic acids is 1. The van der Waals surface area contributed by atoms with Crippen molar-refractivity contribution in [3.05, 3.63) is 35.4 Å². The van der Waals surface area contributed by atoms with Crippen LogP contribution < -0.4 is 0 Å². The molecule has 2 aliphatic rings. The van der Waals surface area contributed by atoms with Crippen molar-refractivity contribution in [1.82, 2.24) is 4.90 Å². The van der Waals surface area contributed by atoms with Crippen molar-refractivity contribution < 1.29 is 19.0 Å². The largest absolute Gasteiger partial charge is 0.380 e. The molecule has 1 aromatic rings. The van der Waals surface area contributed by atoms with Crippen molar-refractivity contribution in [2.24, 2.45) is 0 Å². The Labute approximate surface area is 131 Å². The van der Waals surface area contributed by atoms with Gasteiger partial charge in [0.2, 0.25) is 0 Å². The minimum atomic E-state index is 0.00969. The van der Waals surface area contributed by atoms with Gasteiger partial charge in [0, 0.05) is 26.3 Å². The number of rotatable bonds is 4. The van der Waals surface area contributed by atoms with E-state index in [-0.39, 0.29) is 24.2 Å². The van der Waals surface area contributed by atoms with Crippen LogP contribution in [-0.4, -0.2) is 56.4 Å². The van der Waals surface area contributed by atoms with Gasteiger partial charge in [0.15, 0.2) is 0 Å². The Morgan fingerprint density at radius 1 is 1.27 bits per heavy atom. The number of morpholine rings is 1. The molecule has 0 N–H and O–H groups in total. The third-order valence-corrected chi connectivity index (χ3v) is 4.61. The Hall–Kier alpha value is -1.43. The molecule has 120 valence electrons. The van der Waals surface area contributed by atoms with Gasteiger partial charge in [-0.2, -0.15) is 0 Å². The number of fused-ring (bicyclic) bond motifs is 1. The molecule has 2 fully saturated rings. The van der Waals surface area contributed by atoms with Crippen LogP contribution in [0.1, 0.15) is 28.8 Å². The second-order valence-corrected chi connectivity index (χ2v) is 5.88. The lowest BCUT2D eigenvalue weighted by molar-refractivity contribution is -0.0946. The Bertz CT molecular complexity index is 516. The second-order valence-electron chi connectivity index (χ2n) is 5.88. The van der Waals surface area contributed by atoms with E-state index in [0.717, 1.165) is 24.0 Å². The Morgan fingerprint density at radius 3 is 2.73 bits per heavy atom. The Morgan fingerprint density at radius 2 is 2.05 bits per heavy atom. The topological polar surface area (TPSA) is 48.0 Å². The van der Waals surface area contributed by atoms with E-state index in [4.69, 9.17) is 14.2 Å². The molecule has 5 nitrogen and oxygen atoms in total. The van der Waals surface area contributed by atoms with Crippen LogP contribution in [0, 0.1) is 0 Å². The summed E-state index contributed by atoms with van der Waals surface area (Å²) in [6, 6.07) is 7.78. The van der Waals surface area contributed by atoms with Gasteiger partial charge in [-0.05, 0) is 30.5 Å².